The van der Waals surface area contributed by atoms with Crippen molar-refractivity contribution in [3.8, 4) is 5.75 Å². The smallest absolute Gasteiger partial charge is 0.321 e. The average Bonchev–Trinajstić information content (AvgIpc) is 3.11. The van der Waals surface area contributed by atoms with Crippen molar-refractivity contribution in [2.75, 3.05) is 0 Å². The van der Waals surface area contributed by atoms with E-state index in [1.807, 2.05) is 42.5 Å². The second-order valence-corrected chi connectivity index (χ2v) is 8.31. The van der Waals surface area contributed by atoms with Crippen molar-refractivity contribution in [2.45, 2.75) is 30.5 Å². The Bertz CT molecular complexity index is 1040. The normalized spacial score (nSPS) is 11.6. The number of imide groups is 1. The van der Waals surface area contributed by atoms with E-state index in [-0.39, 0.29) is 6.61 Å². The van der Waals surface area contributed by atoms with Crippen LogP contribution < -0.4 is 15.4 Å². The molecule has 0 bridgehead atoms. The highest BCUT2D eigenvalue weighted by molar-refractivity contribution is 8.00. The third-order valence-electron chi connectivity index (χ3n) is 4.30. The van der Waals surface area contributed by atoms with Crippen LogP contribution in [0.5, 0.6) is 5.75 Å². The number of nitrogens with zero attached hydrogens (tertiary/aromatic N) is 3. The lowest BCUT2D eigenvalue weighted by molar-refractivity contribution is -0.119. The molecule has 3 aromatic rings. The first kappa shape index (κ1) is 22.6. The predicted molar refractivity (Wildman–Crippen MR) is 119 cm³/mol. The van der Waals surface area contributed by atoms with Crippen LogP contribution in [0.15, 0.2) is 59.8 Å². The van der Waals surface area contributed by atoms with E-state index < -0.39 is 17.2 Å². The molecule has 162 valence electrons. The fourth-order valence-corrected chi connectivity index (χ4v) is 3.55. The minimum Gasteiger partial charge on any atom is -0.484 e. The molecule has 0 saturated carbocycles. The maximum atomic E-state index is 12.3. The number of benzene rings is 2. The number of amides is 3. The number of urea groups is 1. The van der Waals surface area contributed by atoms with Gasteiger partial charge in [-0.05, 0) is 24.6 Å². The Labute approximate surface area is 189 Å². The van der Waals surface area contributed by atoms with Gasteiger partial charge in [-0.1, -0.05) is 65.8 Å². The monoisotopic (exact) mass is 459 g/mol. The summed E-state index contributed by atoms with van der Waals surface area (Å²) >= 11 is 7.28. The summed E-state index contributed by atoms with van der Waals surface area (Å²) in [4.78, 5) is 24.3. The van der Waals surface area contributed by atoms with Crippen LogP contribution in [0.1, 0.15) is 18.3 Å². The fourth-order valence-electron chi connectivity index (χ4n) is 2.53. The van der Waals surface area contributed by atoms with Crippen LogP contribution in [0, 0.1) is 0 Å². The molecule has 1 atom stereocenters. The van der Waals surface area contributed by atoms with Crippen molar-refractivity contribution < 1.29 is 14.3 Å². The van der Waals surface area contributed by atoms with E-state index in [2.05, 4.69) is 20.8 Å². The van der Waals surface area contributed by atoms with Crippen molar-refractivity contribution in [1.82, 2.24) is 25.4 Å². The number of carbonyl (C=O) groups excluding carboxylic acids is 2. The molecule has 10 heteroatoms. The van der Waals surface area contributed by atoms with Crippen LogP contribution in [0.2, 0.25) is 5.02 Å². The number of para-hydroxylation sites is 1. The van der Waals surface area contributed by atoms with Crippen LogP contribution >= 0.6 is 23.4 Å². The van der Waals surface area contributed by atoms with Crippen LogP contribution in [0.3, 0.4) is 0 Å². The Morgan fingerprint density at radius 1 is 1.13 bits per heavy atom. The van der Waals surface area contributed by atoms with E-state index in [4.69, 9.17) is 16.3 Å². The predicted octanol–water partition coefficient (Wildman–Crippen LogP) is 3.55. The van der Waals surface area contributed by atoms with Crippen LogP contribution in [-0.4, -0.2) is 32.0 Å². The second-order valence-electron chi connectivity index (χ2n) is 6.59. The molecule has 0 spiro atoms. The average molecular weight is 460 g/mol. The van der Waals surface area contributed by atoms with E-state index in [9.17, 15) is 9.59 Å². The highest BCUT2D eigenvalue weighted by Crippen LogP contribution is 2.25. The highest BCUT2D eigenvalue weighted by atomic mass is 35.5. The minimum absolute atomic E-state index is 0.177. The van der Waals surface area contributed by atoms with Crippen LogP contribution in [-0.2, 0) is 25.0 Å². The van der Waals surface area contributed by atoms with Gasteiger partial charge in [0.15, 0.2) is 11.0 Å². The molecule has 2 N–H and O–H groups in total. The molecular weight excluding hydrogens is 438 g/mol. The molecule has 1 heterocycles. The molecule has 8 nitrogen and oxygen atoms in total. The van der Waals surface area contributed by atoms with Crippen molar-refractivity contribution in [3.05, 3.63) is 71.0 Å². The van der Waals surface area contributed by atoms with Crippen molar-refractivity contribution in [1.29, 1.82) is 0 Å². The van der Waals surface area contributed by atoms with Crippen molar-refractivity contribution in [2.24, 2.45) is 7.05 Å². The molecular formula is C21H22ClN5O3S. The summed E-state index contributed by atoms with van der Waals surface area (Å²) in [7, 11) is 1.78. The molecule has 0 radical (unpaired) electrons. The van der Waals surface area contributed by atoms with Gasteiger partial charge in [0.25, 0.3) is 0 Å². The lowest BCUT2D eigenvalue weighted by Gasteiger charge is -2.12. The van der Waals surface area contributed by atoms with Gasteiger partial charge in [0.05, 0.1) is 10.3 Å². The number of ether oxygens (including phenoxy) is 1. The largest absolute Gasteiger partial charge is 0.484 e. The van der Waals surface area contributed by atoms with Crippen LogP contribution in [0.4, 0.5) is 4.79 Å². The number of aromatic nitrogens is 3. The second kappa shape index (κ2) is 10.8. The molecule has 0 aliphatic heterocycles. The lowest BCUT2D eigenvalue weighted by atomic mass is 10.2. The summed E-state index contributed by atoms with van der Waals surface area (Å²) in [6.45, 7) is 2.20. The standard InChI is InChI=1S/C21H22ClN5O3S/c1-14(19(28)24-20(29)23-12-15-8-4-3-5-9-15)31-21-26-25-18(27(21)2)13-30-17-11-7-6-10-16(17)22/h3-11,14H,12-13H2,1-2H3,(H2,23,24,28,29)/t14-/m1/s1. The molecule has 0 aliphatic carbocycles. The van der Waals surface area contributed by atoms with Crippen LogP contribution in [0.25, 0.3) is 0 Å². The van der Waals surface area contributed by atoms with E-state index in [1.165, 1.54) is 11.8 Å². The maximum absolute atomic E-state index is 12.3. The van der Waals surface area contributed by atoms with Crippen molar-refractivity contribution >= 4 is 35.3 Å². The zero-order valence-corrected chi connectivity index (χ0v) is 18.6. The number of halogens is 1. The topological polar surface area (TPSA) is 98.1 Å². The zero-order chi connectivity index (χ0) is 22.2. The number of hydrogen-bond acceptors (Lipinski definition) is 6. The van der Waals surface area contributed by atoms with Gasteiger partial charge >= 0.3 is 6.03 Å². The van der Waals surface area contributed by atoms with Gasteiger partial charge in [0.2, 0.25) is 5.91 Å². The third kappa shape index (κ3) is 6.47. The van der Waals surface area contributed by atoms with Gasteiger partial charge in [0.1, 0.15) is 12.4 Å². The van der Waals surface area contributed by atoms with Gasteiger partial charge < -0.3 is 14.6 Å². The number of thioether (sulfide) groups is 1. The molecule has 0 aliphatic rings. The lowest BCUT2D eigenvalue weighted by Crippen LogP contribution is -2.42. The molecule has 2 aromatic carbocycles. The zero-order valence-electron chi connectivity index (χ0n) is 17.0. The first-order valence-corrected chi connectivity index (χ1v) is 10.7. The minimum atomic E-state index is -0.553. The number of carbonyl (C=O) groups is 2. The SMILES string of the molecule is C[C@@H](Sc1nnc(COc2ccccc2Cl)n1C)C(=O)NC(=O)NCc1ccccc1. The molecule has 31 heavy (non-hydrogen) atoms. The maximum Gasteiger partial charge on any atom is 0.321 e. The summed E-state index contributed by atoms with van der Waals surface area (Å²) < 4.78 is 7.43. The van der Waals surface area contributed by atoms with Crippen molar-refractivity contribution in [3.63, 3.8) is 0 Å². The highest BCUT2D eigenvalue weighted by Gasteiger charge is 2.20. The van der Waals surface area contributed by atoms with Gasteiger partial charge in [-0.25, -0.2) is 4.79 Å². The van der Waals surface area contributed by atoms with Gasteiger partial charge in [-0.15, -0.1) is 10.2 Å². The summed E-state index contributed by atoms with van der Waals surface area (Å²) in [6.07, 6.45) is 0. The Morgan fingerprint density at radius 2 is 1.84 bits per heavy atom. The van der Waals surface area contributed by atoms with E-state index >= 15 is 0 Å². The van der Waals surface area contributed by atoms with E-state index in [0.29, 0.717) is 28.3 Å². The van der Waals surface area contributed by atoms with Gasteiger partial charge in [-0.2, -0.15) is 0 Å². The summed E-state index contributed by atoms with van der Waals surface area (Å²) in [5, 5.41) is 13.7. The number of nitrogens with one attached hydrogen (secondary N) is 2. The van der Waals surface area contributed by atoms with Gasteiger partial charge in [0, 0.05) is 13.6 Å². The molecule has 0 unspecified atom stereocenters. The van der Waals surface area contributed by atoms with E-state index in [1.54, 1.807) is 30.7 Å². The Kier molecular flexibility index (Phi) is 7.91. The third-order valence-corrected chi connectivity index (χ3v) is 5.75. The Morgan fingerprint density at radius 3 is 2.58 bits per heavy atom. The first-order chi connectivity index (χ1) is 14.9. The Balaban J connectivity index is 1.49. The summed E-state index contributed by atoms with van der Waals surface area (Å²) in [5.41, 5.74) is 0.943. The van der Waals surface area contributed by atoms with E-state index in [0.717, 1.165) is 5.56 Å². The molecule has 3 rings (SSSR count). The molecule has 1 aromatic heterocycles. The molecule has 3 amide bonds. The fraction of sp³-hybridized carbons (Fsp3) is 0.238. The first-order valence-electron chi connectivity index (χ1n) is 9.49. The molecule has 0 saturated heterocycles. The number of hydrogen-bond donors (Lipinski definition) is 2. The summed E-state index contributed by atoms with van der Waals surface area (Å²) in [6, 6.07) is 16.1. The number of rotatable bonds is 8. The molecule has 0 fully saturated rings. The summed E-state index contributed by atoms with van der Waals surface area (Å²) in [5.74, 6) is 0.707. The quantitative estimate of drug-likeness (QED) is 0.500. The Hall–Kier alpha value is -3.04. The van der Waals surface area contributed by atoms with Gasteiger partial charge in [-0.3, -0.25) is 10.1 Å².